The summed E-state index contributed by atoms with van der Waals surface area (Å²) in [6.45, 7) is 1.95. The van der Waals surface area contributed by atoms with E-state index in [9.17, 15) is 14.9 Å². The van der Waals surface area contributed by atoms with Crippen LogP contribution in [-0.2, 0) is 9.59 Å². The van der Waals surface area contributed by atoms with Crippen LogP contribution in [0.3, 0.4) is 0 Å². The number of thioether (sulfide) groups is 1. The van der Waals surface area contributed by atoms with Crippen molar-refractivity contribution < 1.29 is 9.59 Å². The van der Waals surface area contributed by atoms with Crippen molar-refractivity contribution >= 4 is 29.3 Å². The van der Waals surface area contributed by atoms with Crippen LogP contribution in [0, 0.1) is 18.3 Å². The Bertz CT molecular complexity index is 932. The van der Waals surface area contributed by atoms with Crippen LogP contribution in [0.1, 0.15) is 23.5 Å². The Balaban J connectivity index is 1.73. The van der Waals surface area contributed by atoms with Crippen LogP contribution in [0.2, 0.25) is 0 Å². The standard InChI is InChI=1S/C21H19N3O2S/c1-14-6-5-9-16(10-14)23-20(26)13-27-21-18(12-22)17(11-19(25)24-21)15-7-3-2-4-8-15/h2-10,17H,11,13H2,1H3,(H,23,26)(H,24,25)/t17-/m0/s1. The normalized spacial score (nSPS) is 16.4. The lowest BCUT2D eigenvalue weighted by Gasteiger charge is -2.25. The predicted molar refractivity (Wildman–Crippen MR) is 107 cm³/mol. The molecule has 1 atom stereocenters. The lowest BCUT2D eigenvalue weighted by Crippen LogP contribution is -2.31. The second-order valence-electron chi connectivity index (χ2n) is 6.28. The fourth-order valence-corrected chi connectivity index (χ4v) is 3.84. The van der Waals surface area contributed by atoms with Gasteiger partial charge in [-0.2, -0.15) is 5.26 Å². The smallest absolute Gasteiger partial charge is 0.234 e. The van der Waals surface area contributed by atoms with Gasteiger partial charge in [0.25, 0.3) is 0 Å². The molecule has 2 aromatic carbocycles. The Morgan fingerprint density at radius 2 is 2.04 bits per heavy atom. The molecule has 0 fully saturated rings. The number of nitriles is 1. The minimum atomic E-state index is -0.285. The molecule has 3 rings (SSSR count). The van der Waals surface area contributed by atoms with E-state index in [0.29, 0.717) is 10.6 Å². The van der Waals surface area contributed by atoms with Crippen molar-refractivity contribution in [2.24, 2.45) is 0 Å². The number of nitrogens with zero attached hydrogens (tertiary/aromatic N) is 1. The molecule has 0 saturated carbocycles. The molecule has 27 heavy (non-hydrogen) atoms. The number of carbonyl (C=O) groups excluding carboxylic acids is 2. The van der Waals surface area contributed by atoms with Crippen LogP contribution >= 0.6 is 11.8 Å². The summed E-state index contributed by atoms with van der Waals surface area (Å²) in [6.07, 6.45) is 0.229. The highest BCUT2D eigenvalue weighted by molar-refractivity contribution is 8.03. The second-order valence-corrected chi connectivity index (χ2v) is 7.26. The number of amides is 2. The van der Waals surface area contributed by atoms with Gasteiger partial charge < -0.3 is 10.6 Å². The number of benzene rings is 2. The van der Waals surface area contributed by atoms with E-state index in [0.717, 1.165) is 16.8 Å². The minimum absolute atomic E-state index is 0.107. The number of rotatable bonds is 5. The SMILES string of the molecule is Cc1cccc(NC(=O)CSC2=C(C#N)[C@H](c3ccccc3)CC(=O)N2)c1. The zero-order chi connectivity index (χ0) is 19.2. The maximum absolute atomic E-state index is 12.2. The Hall–Kier alpha value is -3.04. The van der Waals surface area contributed by atoms with Gasteiger partial charge in [-0.25, -0.2) is 0 Å². The summed E-state index contributed by atoms with van der Waals surface area (Å²) in [5, 5.41) is 15.7. The zero-order valence-corrected chi connectivity index (χ0v) is 15.7. The molecule has 136 valence electrons. The minimum Gasteiger partial charge on any atom is -0.325 e. The molecule has 1 heterocycles. The Morgan fingerprint density at radius 3 is 2.74 bits per heavy atom. The molecular formula is C21H19N3O2S. The topological polar surface area (TPSA) is 82.0 Å². The third-order valence-electron chi connectivity index (χ3n) is 4.21. The monoisotopic (exact) mass is 377 g/mol. The van der Waals surface area contributed by atoms with Gasteiger partial charge >= 0.3 is 0 Å². The number of carbonyl (C=O) groups is 2. The summed E-state index contributed by atoms with van der Waals surface area (Å²) in [6, 6.07) is 19.2. The molecular weight excluding hydrogens is 358 g/mol. The molecule has 0 saturated heterocycles. The van der Waals surface area contributed by atoms with E-state index in [4.69, 9.17) is 0 Å². The highest BCUT2D eigenvalue weighted by Crippen LogP contribution is 2.35. The Kier molecular flexibility index (Phi) is 5.94. The molecule has 0 unspecified atom stereocenters. The van der Waals surface area contributed by atoms with Crippen molar-refractivity contribution in [1.82, 2.24) is 5.32 Å². The summed E-state index contributed by atoms with van der Waals surface area (Å²) in [5.74, 6) is -0.515. The third-order valence-corrected chi connectivity index (χ3v) is 5.22. The third kappa shape index (κ3) is 4.78. The molecule has 2 amide bonds. The number of hydrogen-bond acceptors (Lipinski definition) is 4. The molecule has 1 aliphatic heterocycles. The molecule has 5 nitrogen and oxygen atoms in total. The highest BCUT2D eigenvalue weighted by atomic mass is 32.2. The van der Waals surface area contributed by atoms with Crippen LogP contribution in [0.5, 0.6) is 0 Å². The predicted octanol–water partition coefficient (Wildman–Crippen LogP) is 3.71. The van der Waals surface area contributed by atoms with Crippen molar-refractivity contribution in [3.05, 3.63) is 76.3 Å². The molecule has 0 bridgehead atoms. The lowest BCUT2D eigenvalue weighted by atomic mass is 9.87. The van der Waals surface area contributed by atoms with Gasteiger partial charge in [0.1, 0.15) is 0 Å². The summed E-state index contributed by atoms with van der Waals surface area (Å²) >= 11 is 1.18. The Labute approximate surface area is 162 Å². The first-order valence-corrected chi connectivity index (χ1v) is 9.54. The molecule has 2 N–H and O–H groups in total. The molecule has 1 aliphatic rings. The van der Waals surface area contributed by atoms with Gasteiger partial charge in [-0.05, 0) is 30.2 Å². The fourth-order valence-electron chi connectivity index (χ4n) is 2.96. The van der Waals surface area contributed by atoms with Gasteiger partial charge in [-0.15, -0.1) is 0 Å². The summed E-state index contributed by atoms with van der Waals surface area (Å²) in [5.41, 5.74) is 3.20. The van der Waals surface area contributed by atoms with Gasteiger partial charge in [0.05, 0.1) is 22.4 Å². The van der Waals surface area contributed by atoms with Crippen molar-refractivity contribution in [3.63, 3.8) is 0 Å². The van der Waals surface area contributed by atoms with E-state index >= 15 is 0 Å². The van der Waals surface area contributed by atoms with E-state index < -0.39 is 0 Å². The summed E-state index contributed by atoms with van der Waals surface area (Å²) in [7, 11) is 0. The van der Waals surface area contributed by atoms with Crippen LogP contribution in [0.4, 0.5) is 5.69 Å². The van der Waals surface area contributed by atoms with Gasteiger partial charge in [-0.3, -0.25) is 9.59 Å². The van der Waals surface area contributed by atoms with Crippen LogP contribution in [0.25, 0.3) is 0 Å². The maximum atomic E-state index is 12.2. The van der Waals surface area contributed by atoms with Crippen molar-refractivity contribution in [1.29, 1.82) is 5.26 Å². The molecule has 2 aromatic rings. The summed E-state index contributed by atoms with van der Waals surface area (Å²) in [4.78, 5) is 24.4. The van der Waals surface area contributed by atoms with Crippen LogP contribution in [-0.4, -0.2) is 17.6 Å². The number of hydrogen-bond donors (Lipinski definition) is 2. The number of nitrogens with one attached hydrogen (secondary N) is 2. The first-order chi connectivity index (χ1) is 13.1. The van der Waals surface area contributed by atoms with E-state index in [1.54, 1.807) is 0 Å². The molecule has 0 aromatic heterocycles. The number of allylic oxidation sites excluding steroid dienone is 1. The van der Waals surface area contributed by atoms with E-state index in [1.165, 1.54) is 11.8 Å². The van der Waals surface area contributed by atoms with Gasteiger partial charge in [-0.1, -0.05) is 54.2 Å². The number of aryl methyl sites for hydroxylation is 1. The largest absolute Gasteiger partial charge is 0.325 e. The molecule has 6 heteroatoms. The van der Waals surface area contributed by atoms with Crippen LogP contribution < -0.4 is 10.6 Å². The molecule has 0 radical (unpaired) electrons. The first kappa shape index (κ1) is 18.7. The highest BCUT2D eigenvalue weighted by Gasteiger charge is 2.29. The Morgan fingerprint density at radius 1 is 1.26 bits per heavy atom. The van der Waals surface area contributed by atoms with Gasteiger partial charge in [0.15, 0.2) is 0 Å². The van der Waals surface area contributed by atoms with E-state index in [1.807, 2.05) is 61.5 Å². The van der Waals surface area contributed by atoms with Gasteiger partial charge in [0.2, 0.25) is 11.8 Å². The zero-order valence-electron chi connectivity index (χ0n) is 14.9. The van der Waals surface area contributed by atoms with Crippen molar-refractivity contribution in [2.75, 3.05) is 11.1 Å². The average Bonchev–Trinajstić information content (AvgIpc) is 2.66. The quantitative estimate of drug-likeness (QED) is 0.832. The van der Waals surface area contributed by atoms with Crippen LogP contribution in [0.15, 0.2) is 65.2 Å². The maximum Gasteiger partial charge on any atom is 0.234 e. The van der Waals surface area contributed by atoms with E-state index in [2.05, 4.69) is 16.7 Å². The molecule has 0 spiro atoms. The lowest BCUT2D eigenvalue weighted by molar-refractivity contribution is -0.121. The van der Waals surface area contributed by atoms with Gasteiger partial charge in [0, 0.05) is 18.0 Å². The second kappa shape index (κ2) is 8.56. The molecule has 0 aliphatic carbocycles. The summed E-state index contributed by atoms with van der Waals surface area (Å²) < 4.78 is 0. The fraction of sp³-hybridized carbons (Fsp3) is 0.190. The average molecular weight is 377 g/mol. The first-order valence-electron chi connectivity index (χ1n) is 8.55. The number of anilines is 1. The van der Waals surface area contributed by atoms with E-state index in [-0.39, 0.29) is 29.9 Å². The van der Waals surface area contributed by atoms with Crippen molar-refractivity contribution in [2.45, 2.75) is 19.3 Å². The van der Waals surface area contributed by atoms with Crippen molar-refractivity contribution in [3.8, 4) is 6.07 Å².